The molecule has 16 heavy (non-hydrogen) atoms. The molecule has 0 amide bonds. The van der Waals surface area contributed by atoms with Gasteiger partial charge in [0.25, 0.3) is 0 Å². The Morgan fingerprint density at radius 1 is 1.38 bits per heavy atom. The van der Waals surface area contributed by atoms with Crippen LogP contribution < -0.4 is 5.73 Å². The molecule has 5 heteroatoms. The largest absolute Gasteiger partial charge is 0.382 e. The summed E-state index contributed by atoms with van der Waals surface area (Å²) in [4.78, 5) is 0. The molecule has 2 aromatic rings. The Balaban J connectivity index is 2.63. The van der Waals surface area contributed by atoms with E-state index in [-0.39, 0.29) is 17.1 Å². The SMILES string of the molecule is CCc1ccc(F)c(-c2cc(N)n[nH]2)c1F. The van der Waals surface area contributed by atoms with Crippen LogP contribution in [-0.4, -0.2) is 10.2 Å². The van der Waals surface area contributed by atoms with Gasteiger partial charge >= 0.3 is 0 Å². The van der Waals surface area contributed by atoms with Gasteiger partial charge in [0.15, 0.2) is 0 Å². The molecule has 0 unspecified atom stereocenters. The summed E-state index contributed by atoms with van der Waals surface area (Å²) in [6.07, 6.45) is 0.503. The summed E-state index contributed by atoms with van der Waals surface area (Å²) < 4.78 is 27.4. The Morgan fingerprint density at radius 2 is 2.12 bits per heavy atom. The van der Waals surface area contributed by atoms with Gasteiger partial charge in [-0.05, 0) is 18.1 Å². The highest BCUT2D eigenvalue weighted by molar-refractivity contribution is 5.64. The highest BCUT2D eigenvalue weighted by atomic mass is 19.1. The summed E-state index contributed by atoms with van der Waals surface area (Å²) in [5, 5.41) is 6.15. The highest BCUT2D eigenvalue weighted by Gasteiger charge is 2.16. The summed E-state index contributed by atoms with van der Waals surface area (Å²) in [5.74, 6) is -0.986. The monoisotopic (exact) mass is 223 g/mol. The number of nitrogens with zero attached hydrogens (tertiary/aromatic N) is 1. The third-order valence-electron chi connectivity index (χ3n) is 2.42. The second-order valence-corrected chi connectivity index (χ2v) is 3.46. The second kappa shape index (κ2) is 3.92. The lowest BCUT2D eigenvalue weighted by atomic mass is 10.0. The number of aromatic nitrogens is 2. The first kappa shape index (κ1) is 10.6. The summed E-state index contributed by atoms with van der Waals surface area (Å²) in [5.41, 5.74) is 6.01. The zero-order valence-electron chi connectivity index (χ0n) is 8.72. The van der Waals surface area contributed by atoms with Crippen molar-refractivity contribution in [1.29, 1.82) is 0 Å². The van der Waals surface area contributed by atoms with Crippen molar-refractivity contribution in [1.82, 2.24) is 10.2 Å². The molecular formula is C11H11F2N3. The zero-order chi connectivity index (χ0) is 11.7. The number of aromatic amines is 1. The molecule has 0 atom stereocenters. The van der Waals surface area contributed by atoms with Crippen LogP contribution in [-0.2, 0) is 6.42 Å². The first-order valence-corrected chi connectivity index (χ1v) is 4.91. The molecule has 3 N–H and O–H groups in total. The van der Waals surface area contributed by atoms with E-state index in [4.69, 9.17) is 5.73 Å². The lowest BCUT2D eigenvalue weighted by Gasteiger charge is -2.06. The number of hydrogen-bond acceptors (Lipinski definition) is 2. The van der Waals surface area contributed by atoms with E-state index in [1.165, 1.54) is 18.2 Å². The van der Waals surface area contributed by atoms with Crippen molar-refractivity contribution in [3.05, 3.63) is 35.4 Å². The molecule has 3 nitrogen and oxygen atoms in total. The van der Waals surface area contributed by atoms with E-state index >= 15 is 0 Å². The van der Waals surface area contributed by atoms with Crippen LogP contribution in [0, 0.1) is 11.6 Å². The van der Waals surface area contributed by atoms with Crippen molar-refractivity contribution >= 4 is 5.82 Å². The zero-order valence-corrected chi connectivity index (χ0v) is 8.72. The lowest BCUT2D eigenvalue weighted by molar-refractivity contribution is 0.579. The van der Waals surface area contributed by atoms with Crippen LogP contribution in [0.1, 0.15) is 12.5 Å². The smallest absolute Gasteiger partial charge is 0.145 e. The molecular weight excluding hydrogens is 212 g/mol. The molecule has 0 radical (unpaired) electrons. The standard InChI is InChI=1S/C11H11F2N3/c1-2-6-3-4-7(12)10(11(6)13)8-5-9(14)16-15-8/h3-5H,2H2,1H3,(H3,14,15,16). The normalized spacial score (nSPS) is 10.7. The molecule has 1 aromatic heterocycles. The number of halogens is 2. The van der Waals surface area contributed by atoms with Gasteiger partial charge < -0.3 is 5.73 Å². The third-order valence-corrected chi connectivity index (χ3v) is 2.42. The maximum absolute atomic E-state index is 13.9. The third kappa shape index (κ3) is 1.64. The van der Waals surface area contributed by atoms with E-state index in [9.17, 15) is 8.78 Å². The number of nitrogens with one attached hydrogen (secondary N) is 1. The van der Waals surface area contributed by atoms with E-state index in [0.29, 0.717) is 12.0 Å². The van der Waals surface area contributed by atoms with Crippen LogP contribution in [0.5, 0.6) is 0 Å². The number of nitrogens with two attached hydrogens (primary N) is 1. The van der Waals surface area contributed by atoms with Crippen LogP contribution in [0.15, 0.2) is 18.2 Å². The van der Waals surface area contributed by atoms with E-state index in [0.717, 1.165) is 0 Å². The number of anilines is 1. The van der Waals surface area contributed by atoms with Crippen molar-refractivity contribution in [2.45, 2.75) is 13.3 Å². The predicted molar refractivity (Wildman–Crippen MR) is 57.7 cm³/mol. The fraction of sp³-hybridized carbons (Fsp3) is 0.182. The van der Waals surface area contributed by atoms with Crippen molar-refractivity contribution < 1.29 is 8.78 Å². The highest BCUT2D eigenvalue weighted by Crippen LogP contribution is 2.27. The van der Waals surface area contributed by atoms with Gasteiger partial charge in [0.2, 0.25) is 0 Å². The van der Waals surface area contributed by atoms with Gasteiger partial charge in [0.05, 0.1) is 11.3 Å². The first-order valence-electron chi connectivity index (χ1n) is 4.91. The van der Waals surface area contributed by atoms with Gasteiger partial charge in [-0.2, -0.15) is 5.10 Å². The summed E-state index contributed by atoms with van der Waals surface area (Å²) in [6, 6.07) is 4.09. The Labute approximate surface area is 91.3 Å². The van der Waals surface area contributed by atoms with E-state index in [1.807, 2.05) is 0 Å². The molecule has 0 spiro atoms. The molecule has 1 aromatic carbocycles. The topological polar surface area (TPSA) is 54.7 Å². The summed E-state index contributed by atoms with van der Waals surface area (Å²) >= 11 is 0. The van der Waals surface area contributed by atoms with Crippen molar-refractivity contribution in [3.63, 3.8) is 0 Å². The Morgan fingerprint density at radius 3 is 2.69 bits per heavy atom. The average Bonchev–Trinajstić information content (AvgIpc) is 2.65. The minimum absolute atomic E-state index is 0.108. The Kier molecular flexibility index (Phi) is 2.60. The van der Waals surface area contributed by atoms with Crippen molar-refractivity contribution in [2.24, 2.45) is 0 Å². The van der Waals surface area contributed by atoms with E-state index in [1.54, 1.807) is 6.92 Å². The molecule has 2 rings (SSSR count). The van der Waals surface area contributed by atoms with E-state index in [2.05, 4.69) is 10.2 Å². The van der Waals surface area contributed by atoms with Gasteiger partial charge in [0, 0.05) is 6.07 Å². The molecule has 0 saturated carbocycles. The van der Waals surface area contributed by atoms with Crippen molar-refractivity contribution in [2.75, 3.05) is 5.73 Å². The van der Waals surface area contributed by atoms with Crippen molar-refractivity contribution in [3.8, 4) is 11.3 Å². The van der Waals surface area contributed by atoms with Crippen LogP contribution >= 0.6 is 0 Å². The minimum atomic E-state index is -0.627. The molecule has 84 valence electrons. The molecule has 0 aliphatic carbocycles. The summed E-state index contributed by atoms with van der Waals surface area (Å²) in [7, 11) is 0. The minimum Gasteiger partial charge on any atom is -0.382 e. The van der Waals surface area contributed by atoms with Gasteiger partial charge in [-0.25, -0.2) is 8.78 Å². The fourth-order valence-electron chi connectivity index (χ4n) is 1.58. The number of nitrogen functional groups attached to an aromatic ring is 1. The number of benzene rings is 1. The summed E-state index contributed by atoms with van der Waals surface area (Å²) in [6.45, 7) is 1.81. The molecule has 0 aliphatic heterocycles. The lowest BCUT2D eigenvalue weighted by Crippen LogP contribution is -1.96. The number of hydrogen-bond donors (Lipinski definition) is 2. The second-order valence-electron chi connectivity index (χ2n) is 3.46. The molecule has 0 saturated heterocycles. The van der Waals surface area contributed by atoms with Crippen LogP contribution in [0.2, 0.25) is 0 Å². The van der Waals surface area contributed by atoms with Gasteiger partial charge in [-0.15, -0.1) is 0 Å². The average molecular weight is 223 g/mol. The Bertz CT molecular complexity index is 520. The maximum Gasteiger partial charge on any atom is 0.145 e. The van der Waals surface area contributed by atoms with Gasteiger partial charge in [0.1, 0.15) is 17.5 Å². The van der Waals surface area contributed by atoms with E-state index < -0.39 is 11.6 Å². The number of aryl methyl sites for hydroxylation is 1. The van der Waals surface area contributed by atoms with Crippen LogP contribution in [0.3, 0.4) is 0 Å². The maximum atomic E-state index is 13.9. The van der Waals surface area contributed by atoms with Crippen LogP contribution in [0.4, 0.5) is 14.6 Å². The van der Waals surface area contributed by atoms with Gasteiger partial charge in [-0.1, -0.05) is 13.0 Å². The Hall–Kier alpha value is -1.91. The molecule has 0 fully saturated rings. The van der Waals surface area contributed by atoms with Gasteiger partial charge in [-0.3, -0.25) is 5.10 Å². The fourth-order valence-corrected chi connectivity index (χ4v) is 1.58. The number of rotatable bonds is 2. The quantitative estimate of drug-likeness (QED) is 0.821. The number of H-pyrrole nitrogens is 1. The molecule has 0 aliphatic rings. The van der Waals surface area contributed by atoms with Crippen LogP contribution in [0.25, 0.3) is 11.3 Å². The molecule has 0 bridgehead atoms. The predicted octanol–water partition coefficient (Wildman–Crippen LogP) is 2.50. The molecule has 1 heterocycles. The first-order chi connectivity index (χ1) is 7.63.